The fourth-order valence-electron chi connectivity index (χ4n) is 1.50. The molecule has 0 N–H and O–H groups in total. The average molecular weight is 220 g/mol. The molecule has 0 bridgehead atoms. The Morgan fingerprint density at radius 2 is 0.923 bits per heavy atom. The Balaban J connectivity index is 4.25. The Labute approximate surface area is 84.9 Å². The van der Waals surface area contributed by atoms with Crippen molar-refractivity contribution in [3.63, 3.8) is 0 Å². The first-order valence-corrected chi connectivity index (χ1v) is 11.6. The van der Waals surface area contributed by atoms with Crippen molar-refractivity contribution >= 4 is 16.6 Å². The van der Waals surface area contributed by atoms with E-state index in [9.17, 15) is 0 Å². The summed E-state index contributed by atoms with van der Waals surface area (Å²) in [7, 11) is -2.99. The van der Waals surface area contributed by atoms with Crippen LogP contribution in [0, 0.1) is 0 Å². The normalized spacial score (nSPS) is 14.8. The van der Waals surface area contributed by atoms with Gasteiger partial charge in [0.1, 0.15) is 5.79 Å². The van der Waals surface area contributed by atoms with E-state index in [2.05, 4.69) is 39.3 Å². The lowest BCUT2D eigenvalue weighted by atomic mass is 10.4. The van der Waals surface area contributed by atoms with E-state index >= 15 is 0 Å². The summed E-state index contributed by atoms with van der Waals surface area (Å²) < 4.78 is 11.9. The molecule has 0 heterocycles. The molecule has 0 aromatic carbocycles. The highest BCUT2D eigenvalue weighted by atomic mass is 28.4. The monoisotopic (exact) mass is 220 g/mol. The minimum Gasteiger partial charge on any atom is -0.392 e. The number of hydrogen-bond donors (Lipinski definition) is 0. The molecule has 0 unspecified atom stereocenters. The van der Waals surface area contributed by atoms with E-state index in [1.165, 1.54) is 0 Å². The van der Waals surface area contributed by atoms with Gasteiger partial charge in [-0.1, -0.05) is 0 Å². The summed E-state index contributed by atoms with van der Waals surface area (Å²) in [6, 6.07) is 0. The molecule has 2 nitrogen and oxygen atoms in total. The second-order valence-electron chi connectivity index (χ2n) is 5.83. The van der Waals surface area contributed by atoms with Crippen molar-refractivity contribution in [1.82, 2.24) is 0 Å². The maximum atomic E-state index is 5.95. The van der Waals surface area contributed by atoms with Gasteiger partial charge >= 0.3 is 0 Å². The Bertz CT molecular complexity index is 147. The van der Waals surface area contributed by atoms with Gasteiger partial charge in [-0.2, -0.15) is 0 Å². The Morgan fingerprint density at radius 1 is 0.692 bits per heavy atom. The third kappa shape index (κ3) is 8.68. The molecule has 80 valence electrons. The Kier molecular flexibility index (Phi) is 3.95. The molecule has 0 aromatic rings. The van der Waals surface area contributed by atoms with Gasteiger partial charge in [0.05, 0.1) is 0 Å². The van der Waals surface area contributed by atoms with Crippen LogP contribution in [0.2, 0.25) is 39.3 Å². The highest BCUT2D eigenvalue weighted by molar-refractivity contribution is 6.70. The van der Waals surface area contributed by atoms with Crippen molar-refractivity contribution in [2.24, 2.45) is 0 Å². The molecule has 0 atom stereocenters. The number of hydrogen-bond acceptors (Lipinski definition) is 2. The fourth-order valence-corrected chi connectivity index (χ4v) is 4.61. The van der Waals surface area contributed by atoms with Gasteiger partial charge in [0, 0.05) is 0 Å². The van der Waals surface area contributed by atoms with Crippen LogP contribution in [-0.4, -0.2) is 22.4 Å². The first kappa shape index (κ1) is 13.4. The predicted molar refractivity (Wildman–Crippen MR) is 62.9 cm³/mol. The molecular weight excluding hydrogens is 196 g/mol. The van der Waals surface area contributed by atoms with Crippen molar-refractivity contribution in [3.05, 3.63) is 0 Å². The molecule has 0 saturated carbocycles. The van der Waals surface area contributed by atoms with E-state index < -0.39 is 22.4 Å². The largest absolute Gasteiger partial charge is 0.392 e. The summed E-state index contributed by atoms with van der Waals surface area (Å²) in [5.41, 5.74) is 0. The quantitative estimate of drug-likeness (QED) is 0.534. The molecule has 0 rings (SSSR count). The van der Waals surface area contributed by atoms with Crippen molar-refractivity contribution < 1.29 is 8.85 Å². The summed E-state index contributed by atoms with van der Waals surface area (Å²) in [6.45, 7) is 17.1. The van der Waals surface area contributed by atoms with Crippen LogP contribution in [0.5, 0.6) is 0 Å². The van der Waals surface area contributed by atoms with Gasteiger partial charge in [0.25, 0.3) is 0 Å². The molecule has 0 aliphatic heterocycles. The SMILES string of the molecule is CC(C)(O[Si](C)(C)C)O[Si](C)(C)C. The maximum absolute atomic E-state index is 5.95. The molecule has 0 fully saturated rings. The lowest BCUT2D eigenvalue weighted by molar-refractivity contribution is -0.0944. The molecule has 13 heavy (non-hydrogen) atoms. The third-order valence-corrected chi connectivity index (χ3v) is 3.31. The molecule has 0 aliphatic carbocycles. The highest BCUT2D eigenvalue weighted by Crippen LogP contribution is 2.22. The zero-order valence-corrected chi connectivity index (χ0v) is 12.3. The first-order valence-electron chi connectivity index (χ1n) is 4.82. The summed E-state index contributed by atoms with van der Waals surface area (Å²) in [4.78, 5) is 0. The molecule has 0 amide bonds. The van der Waals surface area contributed by atoms with Crippen LogP contribution in [0.15, 0.2) is 0 Å². The van der Waals surface area contributed by atoms with Crippen LogP contribution in [0.25, 0.3) is 0 Å². The lowest BCUT2D eigenvalue weighted by Gasteiger charge is -2.37. The van der Waals surface area contributed by atoms with Crippen molar-refractivity contribution in [3.8, 4) is 0 Å². The van der Waals surface area contributed by atoms with Crippen LogP contribution in [-0.2, 0) is 8.85 Å². The number of rotatable bonds is 4. The molecule has 0 aromatic heterocycles. The van der Waals surface area contributed by atoms with Crippen LogP contribution in [0.3, 0.4) is 0 Å². The summed E-state index contributed by atoms with van der Waals surface area (Å²) in [5, 5.41) is 0. The molecular formula is C9H24O2Si2. The van der Waals surface area contributed by atoms with Crippen LogP contribution >= 0.6 is 0 Å². The standard InChI is InChI=1S/C9H24O2Si2/c1-9(2,10-12(3,4)5)11-13(6,7)8/h1-8H3. The van der Waals surface area contributed by atoms with Gasteiger partial charge in [-0.25, -0.2) is 0 Å². The van der Waals surface area contributed by atoms with Crippen LogP contribution in [0.1, 0.15) is 13.8 Å². The van der Waals surface area contributed by atoms with Crippen molar-refractivity contribution in [1.29, 1.82) is 0 Å². The van der Waals surface area contributed by atoms with Gasteiger partial charge in [0.2, 0.25) is 0 Å². The van der Waals surface area contributed by atoms with Crippen LogP contribution < -0.4 is 0 Å². The van der Waals surface area contributed by atoms with Crippen molar-refractivity contribution in [2.75, 3.05) is 0 Å². The predicted octanol–water partition coefficient (Wildman–Crippen LogP) is 3.43. The Hall–Kier alpha value is 0.354. The minimum absolute atomic E-state index is 0.408. The lowest BCUT2D eigenvalue weighted by Crippen LogP contribution is -2.46. The second kappa shape index (κ2) is 3.84. The van der Waals surface area contributed by atoms with E-state index in [0.717, 1.165) is 0 Å². The first-order chi connectivity index (χ1) is 5.41. The van der Waals surface area contributed by atoms with E-state index in [4.69, 9.17) is 8.85 Å². The highest BCUT2D eigenvalue weighted by Gasteiger charge is 2.32. The van der Waals surface area contributed by atoms with E-state index in [1.807, 2.05) is 13.8 Å². The summed E-state index contributed by atoms with van der Waals surface area (Å²) in [5.74, 6) is -0.408. The van der Waals surface area contributed by atoms with Gasteiger partial charge < -0.3 is 8.85 Å². The van der Waals surface area contributed by atoms with E-state index in [0.29, 0.717) is 0 Å². The molecule has 0 aliphatic rings. The van der Waals surface area contributed by atoms with Crippen molar-refractivity contribution in [2.45, 2.75) is 58.9 Å². The minimum atomic E-state index is -1.50. The zero-order chi connectivity index (χ0) is 10.9. The molecule has 0 spiro atoms. The van der Waals surface area contributed by atoms with Gasteiger partial charge in [-0.3, -0.25) is 0 Å². The van der Waals surface area contributed by atoms with Crippen LogP contribution in [0.4, 0.5) is 0 Å². The maximum Gasteiger partial charge on any atom is 0.187 e. The molecule has 4 heteroatoms. The molecule has 0 saturated heterocycles. The van der Waals surface area contributed by atoms with Gasteiger partial charge in [-0.05, 0) is 53.1 Å². The summed E-state index contributed by atoms with van der Waals surface area (Å²) in [6.07, 6.45) is 0. The average Bonchev–Trinajstić information content (AvgIpc) is 1.43. The summed E-state index contributed by atoms with van der Waals surface area (Å²) >= 11 is 0. The van der Waals surface area contributed by atoms with E-state index in [1.54, 1.807) is 0 Å². The zero-order valence-electron chi connectivity index (χ0n) is 10.3. The van der Waals surface area contributed by atoms with Gasteiger partial charge in [0.15, 0.2) is 16.6 Å². The van der Waals surface area contributed by atoms with E-state index in [-0.39, 0.29) is 0 Å². The smallest absolute Gasteiger partial charge is 0.187 e. The Morgan fingerprint density at radius 3 is 1.08 bits per heavy atom. The molecule has 0 radical (unpaired) electrons. The van der Waals surface area contributed by atoms with Gasteiger partial charge in [-0.15, -0.1) is 0 Å². The second-order valence-corrected chi connectivity index (χ2v) is 14.7. The topological polar surface area (TPSA) is 18.5 Å². The third-order valence-electron chi connectivity index (χ3n) is 1.10. The fraction of sp³-hybridized carbons (Fsp3) is 1.00.